The number of hydrogen-bond donors (Lipinski definition) is 0. The summed E-state index contributed by atoms with van der Waals surface area (Å²) < 4.78 is 15.2. The predicted octanol–water partition coefficient (Wildman–Crippen LogP) is 16.3. The summed E-state index contributed by atoms with van der Waals surface area (Å²) in [5, 5.41) is 0. The summed E-state index contributed by atoms with van der Waals surface area (Å²) in [6.07, 6.45) is 3.27. The molecule has 4 aliphatic heterocycles. The molecule has 0 radical (unpaired) electrons. The monoisotopic (exact) mass is 1170 g/mol. The molecule has 0 aliphatic carbocycles. The van der Waals surface area contributed by atoms with Gasteiger partial charge in [-0.2, -0.15) is 0 Å². The van der Waals surface area contributed by atoms with Crippen LogP contribution in [0.25, 0.3) is 0 Å². The quantitative estimate of drug-likeness (QED) is 0.100. The van der Waals surface area contributed by atoms with Crippen molar-refractivity contribution >= 4 is 132 Å². The Bertz CT molecular complexity index is 4100. The zero-order valence-corrected chi connectivity index (χ0v) is 49.2. The second kappa shape index (κ2) is 19.9. The van der Waals surface area contributed by atoms with Gasteiger partial charge in [-0.25, -0.2) is 0 Å². The van der Waals surface area contributed by atoms with Gasteiger partial charge in [-0.3, -0.25) is 0 Å². The number of ether oxygens (including phenoxy) is 2. The summed E-state index contributed by atoms with van der Waals surface area (Å²) >= 11 is 4.56. The van der Waals surface area contributed by atoms with E-state index in [-0.39, 0.29) is 18.8 Å². The molecule has 0 aromatic heterocycles. The van der Waals surface area contributed by atoms with Crippen LogP contribution in [0.2, 0.25) is 0 Å². The maximum atomic E-state index is 7.05. The van der Waals surface area contributed by atoms with Gasteiger partial charge < -0.3 is 24.2 Å². The van der Waals surface area contributed by atoms with Gasteiger partial charge in [-0.1, -0.05) is 148 Å². The molecule has 0 saturated heterocycles. The van der Waals surface area contributed by atoms with Crippen LogP contribution in [-0.2, 0) is 11.8 Å². The van der Waals surface area contributed by atoms with Crippen LogP contribution < -0.4 is 57.0 Å². The Labute approximate surface area is 489 Å². The maximum Gasteiger partial charge on any atom is 0.253 e. The van der Waals surface area contributed by atoms with Crippen molar-refractivity contribution in [2.45, 2.75) is 82.9 Å². The number of halogens is 1. The molecule has 9 heteroatoms. The highest BCUT2D eigenvalue weighted by molar-refractivity contribution is 14.1. The first kappa shape index (κ1) is 50.6. The van der Waals surface area contributed by atoms with Gasteiger partial charge in [0.25, 0.3) is 6.71 Å². The second-order valence-electron chi connectivity index (χ2n) is 23.1. The fourth-order valence-corrected chi connectivity index (χ4v) is 15.4. The van der Waals surface area contributed by atoms with Crippen molar-refractivity contribution in [3.05, 3.63) is 232 Å². The van der Waals surface area contributed by atoms with Crippen LogP contribution in [0.1, 0.15) is 68.4 Å². The first-order valence-corrected chi connectivity index (χ1v) is 30.0. The van der Waals surface area contributed by atoms with Crippen molar-refractivity contribution < 1.29 is 9.47 Å². The topological polar surface area (TPSA) is 28.2 Å². The van der Waals surface area contributed by atoms with E-state index in [4.69, 9.17) is 9.47 Å². The lowest BCUT2D eigenvalue weighted by atomic mass is 9.30. The molecule has 0 bridgehead atoms. The number of aryl methyl sites for hydroxylation is 4. The lowest BCUT2D eigenvalue weighted by molar-refractivity contribution is 0.481. The first-order chi connectivity index (χ1) is 38.9. The van der Waals surface area contributed by atoms with Gasteiger partial charge in [0, 0.05) is 82.7 Å². The number of nitrogens with zero attached hydrogens (tertiary/aromatic N) is 3. The molecule has 5 nitrogen and oxygen atoms in total. The number of rotatable bonds is 10. The molecule has 10 aromatic rings. The minimum atomic E-state index is -0.139. The standard InChI is InChI=1S/C71H60B2IN3O2S/c1-8-9-22-47-31-44(2)36-65-67(47)72-56-42-57-60(43-59(56)76(50-25-16-11-17-26-50)64-40-55(41-66(80-65)70(64)72)79-53-29-20-13-21-30-53)75(49-23-14-10-15-24-49)62-38-54(78-52-27-18-12-19-28-52)39-63-69(62)73(57)68-58(74)34-46(4)35-61(68)77(63)51-33-45(3)32-48(37-51)71(5,6)7/h10-21,23-43H,8-9,22H2,1-7H3. The summed E-state index contributed by atoms with van der Waals surface area (Å²) in [6, 6.07) is 73.7. The Morgan fingerprint density at radius 1 is 0.438 bits per heavy atom. The number of benzene rings is 10. The Kier molecular flexibility index (Phi) is 12.6. The highest BCUT2D eigenvalue weighted by Gasteiger charge is 2.49. The van der Waals surface area contributed by atoms with Crippen molar-refractivity contribution in [3.8, 4) is 23.0 Å². The molecule has 0 saturated carbocycles. The van der Waals surface area contributed by atoms with Gasteiger partial charge in [0.2, 0.25) is 6.71 Å². The van der Waals surface area contributed by atoms with Crippen molar-refractivity contribution in [3.63, 3.8) is 0 Å². The summed E-state index contributed by atoms with van der Waals surface area (Å²) in [7, 11) is 0. The molecule has 0 fully saturated rings. The fraction of sp³-hybridized carbons (Fsp3) is 0.155. The number of para-hydroxylation sites is 4. The van der Waals surface area contributed by atoms with Crippen molar-refractivity contribution in [1.29, 1.82) is 0 Å². The Hall–Kier alpha value is -7.59. The number of fused-ring (bicyclic) bond motifs is 8. The average Bonchev–Trinajstić information content (AvgIpc) is 3.64. The molecule has 0 N–H and O–H groups in total. The number of hydrogen-bond acceptors (Lipinski definition) is 6. The third-order valence-corrected chi connectivity index (χ3v) is 18.4. The third kappa shape index (κ3) is 8.62. The predicted molar refractivity (Wildman–Crippen MR) is 348 cm³/mol. The van der Waals surface area contributed by atoms with Gasteiger partial charge in [-0.15, -0.1) is 0 Å². The SMILES string of the molecule is CCCCc1cc(C)cc2c1B1c3cc4c(cc3N(c3ccccc3)c3cc(Oc5ccccc5)cc(c31)S2)N(c1ccccc1)c1cc(Oc2ccccc2)cc2c1B4c1c(I)cc(C)cc1N2c1cc(C)cc(C(C)(C)C)c1. The van der Waals surface area contributed by atoms with E-state index in [0.717, 1.165) is 87.8 Å². The smallest absolute Gasteiger partial charge is 0.253 e. The molecule has 0 spiro atoms. The number of anilines is 9. The summed E-state index contributed by atoms with van der Waals surface area (Å²) in [4.78, 5) is 10.2. The maximum absolute atomic E-state index is 7.05. The molecule has 80 heavy (non-hydrogen) atoms. The van der Waals surface area contributed by atoms with Crippen LogP contribution in [-0.4, -0.2) is 13.4 Å². The largest absolute Gasteiger partial charge is 0.457 e. The van der Waals surface area contributed by atoms with Crippen molar-refractivity contribution in [2.75, 3.05) is 14.7 Å². The van der Waals surface area contributed by atoms with Crippen LogP contribution in [0, 0.1) is 24.3 Å². The summed E-state index contributed by atoms with van der Waals surface area (Å²) in [6.45, 7) is 15.8. The summed E-state index contributed by atoms with van der Waals surface area (Å²) in [5.41, 5.74) is 24.5. The third-order valence-electron chi connectivity index (χ3n) is 16.4. The van der Waals surface area contributed by atoms with Crippen LogP contribution in [0.15, 0.2) is 210 Å². The van der Waals surface area contributed by atoms with E-state index < -0.39 is 0 Å². The normalized spacial score (nSPS) is 13.5. The minimum absolute atomic E-state index is 0.0535. The molecular weight excluding hydrogens is 1110 g/mol. The molecule has 0 unspecified atom stereocenters. The molecule has 14 rings (SSSR count). The first-order valence-electron chi connectivity index (χ1n) is 28.1. The lowest BCUT2D eigenvalue weighted by Gasteiger charge is -2.47. The molecule has 0 atom stereocenters. The Balaban J connectivity index is 1.11. The van der Waals surface area contributed by atoms with Gasteiger partial charge in [0.15, 0.2) is 0 Å². The van der Waals surface area contributed by atoms with E-state index in [0.29, 0.717) is 0 Å². The van der Waals surface area contributed by atoms with E-state index in [1.54, 1.807) is 0 Å². The molecule has 4 heterocycles. The zero-order valence-electron chi connectivity index (χ0n) is 46.3. The number of unbranched alkanes of at least 4 members (excludes halogenated alkanes) is 1. The molecule has 390 valence electrons. The van der Waals surface area contributed by atoms with E-state index in [9.17, 15) is 0 Å². The molecular formula is C71H60B2IN3O2S. The Morgan fingerprint density at radius 3 is 1.50 bits per heavy atom. The highest BCUT2D eigenvalue weighted by atomic mass is 127. The van der Waals surface area contributed by atoms with E-state index >= 15 is 0 Å². The van der Waals surface area contributed by atoms with Crippen LogP contribution >= 0.6 is 34.4 Å². The molecule has 10 aromatic carbocycles. The van der Waals surface area contributed by atoms with Crippen molar-refractivity contribution in [2.24, 2.45) is 0 Å². The zero-order chi connectivity index (χ0) is 54.6. The van der Waals surface area contributed by atoms with Crippen LogP contribution in [0.4, 0.5) is 51.2 Å². The summed E-state index contributed by atoms with van der Waals surface area (Å²) in [5.74, 6) is 3.19. The van der Waals surface area contributed by atoms with E-state index in [2.05, 4.69) is 225 Å². The molecule has 4 aliphatic rings. The lowest BCUT2D eigenvalue weighted by Crippen LogP contribution is -2.65. The highest BCUT2D eigenvalue weighted by Crippen LogP contribution is 2.51. The fourth-order valence-electron chi connectivity index (χ4n) is 13.0. The van der Waals surface area contributed by atoms with E-state index in [1.807, 2.05) is 72.4 Å². The second-order valence-corrected chi connectivity index (χ2v) is 25.3. The van der Waals surface area contributed by atoms with Gasteiger partial charge in [-0.05, 0) is 202 Å². The van der Waals surface area contributed by atoms with Crippen molar-refractivity contribution in [1.82, 2.24) is 0 Å². The van der Waals surface area contributed by atoms with Gasteiger partial charge in [0.1, 0.15) is 23.0 Å². The minimum Gasteiger partial charge on any atom is -0.457 e. The van der Waals surface area contributed by atoms with Crippen LogP contribution in [0.5, 0.6) is 23.0 Å². The Morgan fingerprint density at radius 2 is 0.925 bits per heavy atom. The van der Waals surface area contributed by atoms with Gasteiger partial charge in [0.05, 0.1) is 0 Å². The van der Waals surface area contributed by atoms with E-state index in [1.165, 1.54) is 79.6 Å². The molecule has 0 amide bonds. The van der Waals surface area contributed by atoms with Crippen LogP contribution in [0.3, 0.4) is 0 Å². The average molecular weight is 1170 g/mol. The van der Waals surface area contributed by atoms with Gasteiger partial charge >= 0.3 is 0 Å².